The summed E-state index contributed by atoms with van der Waals surface area (Å²) in [5.74, 6) is -0.0733. The highest BCUT2D eigenvalue weighted by Crippen LogP contribution is 2.06. The molecule has 1 aromatic rings. The average Bonchev–Trinajstić information content (AvgIpc) is 2.45. The van der Waals surface area contributed by atoms with E-state index in [2.05, 4.69) is 4.42 Å². The first kappa shape index (κ1) is 11.7. The van der Waals surface area contributed by atoms with E-state index in [1.807, 2.05) is 0 Å². The second-order valence-electron chi connectivity index (χ2n) is 3.55. The molecular weight excluding hydrogens is 200 g/mol. The summed E-state index contributed by atoms with van der Waals surface area (Å²) in [5.41, 5.74) is 0. The van der Waals surface area contributed by atoms with Crippen molar-refractivity contribution in [1.82, 2.24) is 0 Å². The van der Waals surface area contributed by atoms with Gasteiger partial charge >= 0.3 is 5.82 Å². The van der Waals surface area contributed by atoms with Gasteiger partial charge in [0, 0.05) is 5.92 Å². The monoisotopic (exact) mass is 214 g/mol. The Morgan fingerprint density at radius 1 is 1.40 bits per heavy atom. The second kappa shape index (κ2) is 4.93. The summed E-state index contributed by atoms with van der Waals surface area (Å²) in [7, 11) is 0. The third kappa shape index (κ3) is 3.36. The van der Waals surface area contributed by atoms with Gasteiger partial charge in [0.2, 0.25) is 0 Å². The highest BCUT2D eigenvalue weighted by molar-refractivity contribution is 5.81. The molecule has 0 amide bonds. The lowest BCUT2D eigenvalue weighted by Gasteiger charge is -2.03. The fraction of sp³-hybridized carbons (Fsp3) is 0.600. The minimum Gasteiger partial charge on any atom is -0.396 e. The summed E-state index contributed by atoms with van der Waals surface area (Å²) in [6.45, 7) is 5.31. The molecule has 0 fully saturated rings. The largest absolute Gasteiger partial charge is 0.519 e. The van der Waals surface area contributed by atoms with Gasteiger partial charge in [-0.15, -0.1) is 0 Å². The van der Waals surface area contributed by atoms with Crippen LogP contribution in [-0.4, -0.2) is 12.4 Å². The molecule has 1 heterocycles. The summed E-state index contributed by atoms with van der Waals surface area (Å²) in [5, 5.41) is 0. The molecule has 0 aliphatic carbocycles. The van der Waals surface area contributed by atoms with E-state index in [4.69, 9.17) is 9.15 Å². The van der Waals surface area contributed by atoms with Crippen molar-refractivity contribution < 1.29 is 18.4 Å². The van der Waals surface area contributed by atoms with Crippen molar-refractivity contribution in [3.63, 3.8) is 0 Å². The Balaban J connectivity index is 2.41. The molecule has 0 N–H and O–H groups in total. The minimum atomic E-state index is -0.749. The predicted molar refractivity (Wildman–Crippen MR) is 51.5 cm³/mol. The van der Waals surface area contributed by atoms with Gasteiger partial charge in [-0.1, -0.05) is 13.8 Å². The second-order valence-corrected chi connectivity index (χ2v) is 3.55. The van der Waals surface area contributed by atoms with Crippen LogP contribution in [0.5, 0.6) is 0 Å². The van der Waals surface area contributed by atoms with Crippen molar-refractivity contribution in [3.05, 3.63) is 22.1 Å². The third-order valence-corrected chi connectivity index (χ3v) is 1.96. The van der Waals surface area contributed by atoms with Crippen LogP contribution in [0.1, 0.15) is 25.4 Å². The maximum atomic E-state index is 11.2. The standard InChI is InChI=1S/C10H14O5/c1-6(2)8(11)4-13-5-9-7(3)14-10(12)15-9/h6H,4-5H2,1-3H3. The van der Waals surface area contributed by atoms with E-state index < -0.39 is 5.82 Å². The van der Waals surface area contributed by atoms with E-state index in [1.54, 1.807) is 20.8 Å². The van der Waals surface area contributed by atoms with E-state index >= 15 is 0 Å². The van der Waals surface area contributed by atoms with Crippen molar-refractivity contribution >= 4 is 5.78 Å². The summed E-state index contributed by atoms with van der Waals surface area (Å²) < 4.78 is 14.4. The minimum absolute atomic E-state index is 0.0125. The Morgan fingerprint density at radius 3 is 2.53 bits per heavy atom. The molecule has 0 spiro atoms. The first-order valence-corrected chi connectivity index (χ1v) is 4.70. The van der Waals surface area contributed by atoms with E-state index in [-0.39, 0.29) is 24.9 Å². The molecule has 5 nitrogen and oxygen atoms in total. The highest BCUT2D eigenvalue weighted by atomic mass is 16.6. The molecule has 15 heavy (non-hydrogen) atoms. The molecule has 1 rings (SSSR count). The third-order valence-electron chi connectivity index (χ3n) is 1.96. The molecule has 0 aliphatic heterocycles. The van der Waals surface area contributed by atoms with Crippen LogP contribution >= 0.6 is 0 Å². The van der Waals surface area contributed by atoms with Gasteiger partial charge in [-0.3, -0.25) is 4.79 Å². The number of rotatable bonds is 5. The van der Waals surface area contributed by atoms with Crippen molar-refractivity contribution in [2.45, 2.75) is 27.4 Å². The number of ketones is 1. The fourth-order valence-corrected chi connectivity index (χ4v) is 0.917. The van der Waals surface area contributed by atoms with Gasteiger partial charge in [0.05, 0.1) is 0 Å². The van der Waals surface area contributed by atoms with Gasteiger partial charge in [-0.05, 0) is 6.92 Å². The molecule has 5 heteroatoms. The Morgan fingerprint density at radius 2 is 2.07 bits per heavy atom. The van der Waals surface area contributed by atoms with Gasteiger partial charge in [0.15, 0.2) is 11.5 Å². The van der Waals surface area contributed by atoms with Crippen LogP contribution in [0.25, 0.3) is 0 Å². The molecule has 0 saturated heterocycles. The Bertz CT molecular complexity index is 385. The number of hydrogen-bond acceptors (Lipinski definition) is 5. The van der Waals surface area contributed by atoms with Crippen LogP contribution in [0.15, 0.2) is 13.6 Å². The summed E-state index contributed by atoms with van der Waals surface area (Å²) in [4.78, 5) is 21.8. The van der Waals surface area contributed by atoms with Crippen molar-refractivity contribution in [1.29, 1.82) is 0 Å². The summed E-state index contributed by atoms with van der Waals surface area (Å²) >= 11 is 0. The van der Waals surface area contributed by atoms with Gasteiger partial charge in [-0.2, -0.15) is 0 Å². The van der Waals surface area contributed by atoms with Crippen molar-refractivity contribution in [2.24, 2.45) is 5.92 Å². The molecule has 0 atom stereocenters. The van der Waals surface area contributed by atoms with Crippen molar-refractivity contribution in [2.75, 3.05) is 6.61 Å². The smallest absolute Gasteiger partial charge is 0.396 e. The van der Waals surface area contributed by atoms with Crippen LogP contribution < -0.4 is 5.82 Å². The van der Waals surface area contributed by atoms with E-state index in [1.165, 1.54) is 0 Å². The fourth-order valence-electron chi connectivity index (χ4n) is 0.917. The number of ether oxygens (including phenoxy) is 1. The Labute approximate surface area is 87.0 Å². The number of carbonyl (C=O) groups is 1. The molecular formula is C10H14O5. The maximum absolute atomic E-state index is 11.2. The SMILES string of the molecule is Cc1oc(=O)oc1COCC(=O)C(C)C. The quantitative estimate of drug-likeness (QED) is 0.738. The van der Waals surface area contributed by atoms with Crippen LogP contribution in [0.3, 0.4) is 0 Å². The summed E-state index contributed by atoms with van der Waals surface area (Å²) in [6, 6.07) is 0. The zero-order chi connectivity index (χ0) is 11.4. The van der Waals surface area contributed by atoms with Crippen molar-refractivity contribution in [3.8, 4) is 0 Å². The van der Waals surface area contributed by atoms with E-state index in [9.17, 15) is 9.59 Å². The molecule has 0 aromatic carbocycles. The predicted octanol–water partition coefficient (Wildman–Crippen LogP) is 1.28. The first-order chi connectivity index (χ1) is 7.00. The van der Waals surface area contributed by atoms with Crippen LogP contribution in [0.2, 0.25) is 0 Å². The maximum Gasteiger partial charge on any atom is 0.519 e. The number of aryl methyl sites for hydroxylation is 1. The van der Waals surface area contributed by atoms with Gasteiger partial charge in [-0.25, -0.2) is 4.79 Å². The highest BCUT2D eigenvalue weighted by Gasteiger charge is 2.11. The average molecular weight is 214 g/mol. The van der Waals surface area contributed by atoms with Gasteiger partial charge in [0.25, 0.3) is 0 Å². The van der Waals surface area contributed by atoms with Crippen LogP contribution in [0.4, 0.5) is 0 Å². The van der Waals surface area contributed by atoms with Crippen LogP contribution in [-0.2, 0) is 16.1 Å². The Kier molecular flexibility index (Phi) is 3.85. The molecule has 1 aromatic heterocycles. The molecule has 0 saturated carbocycles. The lowest BCUT2D eigenvalue weighted by atomic mass is 10.1. The zero-order valence-electron chi connectivity index (χ0n) is 9.03. The lowest BCUT2D eigenvalue weighted by molar-refractivity contribution is -0.127. The zero-order valence-corrected chi connectivity index (χ0v) is 9.03. The number of Topliss-reactive ketones (excluding diaryl/α,β-unsaturated/α-hetero) is 1. The Hall–Kier alpha value is -1.36. The van der Waals surface area contributed by atoms with E-state index in [0.29, 0.717) is 11.5 Å². The number of hydrogen-bond donors (Lipinski definition) is 0. The summed E-state index contributed by atoms with van der Waals surface area (Å²) in [6.07, 6.45) is 0. The molecule has 0 bridgehead atoms. The molecule has 0 unspecified atom stereocenters. The molecule has 0 aliphatic rings. The van der Waals surface area contributed by atoms with E-state index in [0.717, 1.165) is 0 Å². The van der Waals surface area contributed by atoms with Crippen LogP contribution in [0, 0.1) is 12.8 Å². The number of carbonyl (C=O) groups excluding carboxylic acids is 1. The topological polar surface area (TPSA) is 69.7 Å². The first-order valence-electron chi connectivity index (χ1n) is 4.70. The normalized spacial score (nSPS) is 10.9. The molecule has 84 valence electrons. The molecule has 0 radical (unpaired) electrons. The lowest BCUT2D eigenvalue weighted by Crippen LogP contribution is -2.14. The van der Waals surface area contributed by atoms with Gasteiger partial charge in [0.1, 0.15) is 19.0 Å². The van der Waals surface area contributed by atoms with Gasteiger partial charge < -0.3 is 13.6 Å².